The van der Waals surface area contributed by atoms with E-state index in [9.17, 15) is 14.7 Å². The van der Waals surface area contributed by atoms with Gasteiger partial charge in [-0.2, -0.15) is 0 Å². The van der Waals surface area contributed by atoms with Crippen molar-refractivity contribution in [2.24, 2.45) is 0 Å². The number of benzene rings is 2. The molecular weight excluding hydrogens is 410 g/mol. The van der Waals surface area contributed by atoms with Crippen LogP contribution in [0.1, 0.15) is 16.8 Å². The first-order valence-electron chi connectivity index (χ1n) is 10.1. The number of carbonyl (C=O) groups is 2. The Kier molecular flexibility index (Phi) is 6.00. The number of anilines is 1. The Morgan fingerprint density at radius 3 is 2.56 bits per heavy atom. The predicted molar refractivity (Wildman–Crippen MR) is 118 cm³/mol. The number of carboxylic acid groups (broad SMARTS) is 1. The monoisotopic (exact) mass is 433 g/mol. The summed E-state index contributed by atoms with van der Waals surface area (Å²) in [5.74, 6) is -0.206. The summed E-state index contributed by atoms with van der Waals surface area (Å²) in [5.41, 5.74) is 0.883. The molecule has 4 rings (SSSR count). The Morgan fingerprint density at radius 2 is 1.88 bits per heavy atom. The molecule has 0 spiro atoms. The van der Waals surface area contributed by atoms with Crippen molar-refractivity contribution in [2.75, 3.05) is 19.0 Å². The second kappa shape index (κ2) is 9.03. The number of ether oxygens (including phenoxy) is 1. The van der Waals surface area contributed by atoms with Crippen molar-refractivity contribution in [1.29, 1.82) is 0 Å². The molecule has 2 heterocycles. The van der Waals surface area contributed by atoms with E-state index in [1.807, 2.05) is 36.4 Å². The van der Waals surface area contributed by atoms with Crippen LogP contribution in [-0.2, 0) is 4.79 Å². The summed E-state index contributed by atoms with van der Waals surface area (Å²) in [6, 6.07) is 15.5. The van der Waals surface area contributed by atoms with Gasteiger partial charge in [0, 0.05) is 30.3 Å². The highest BCUT2D eigenvalue weighted by atomic mass is 16.5. The molecule has 1 aliphatic rings. The van der Waals surface area contributed by atoms with Crippen LogP contribution in [0, 0.1) is 0 Å². The second-order valence-electron chi connectivity index (χ2n) is 7.48. The van der Waals surface area contributed by atoms with Gasteiger partial charge < -0.3 is 25.8 Å². The van der Waals surface area contributed by atoms with E-state index in [0.717, 1.165) is 5.56 Å². The summed E-state index contributed by atoms with van der Waals surface area (Å²) >= 11 is 0. The molecule has 2 unspecified atom stereocenters. The van der Waals surface area contributed by atoms with Gasteiger partial charge in [0.05, 0.1) is 7.11 Å². The van der Waals surface area contributed by atoms with Gasteiger partial charge in [-0.1, -0.05) is 36.4 Å². The second-order valence-corrected chi connectivity index (χ2v) is 7.48. The normalized spacial score (nSPS) is 19.8. The van der Waals surface area contributed by atoms with Gasteiger partial charge in [0.2, 0.25) is 0 Å². The molecule has 9 heteroatoms. The Hall–Kier alpha value is -3.98. The Morgan fingerprint density at radius 1 is 1.12 bits per heavy atom. The first-order valence-corrected chi connectivity index (χ1v) is 10.1. The quantitative estimate of drug-likeness (QED) is 0.418. The largest absolute Gasteiger partial charge is 0.496 e. The molecule has 4 N–H and O–H groups in total. The van der Waals surface area contributed by atoms with Gasteiger partial charge in [-0.15, -0.1) is 0 Å². The van der Waals surface area contributed by atoms with Gasteiger partial charge in [0.25, 0.3) is 5.91 Å². The van der Waals surface area contributed by atoms with Crippen molar-refractivity contribution in [3.05, 3.63) is 72.7 Å². The third-order valence-electron chi connectivity index (χ3n) is 5.37. The molecule has 1 amide bonds. The molecule has 0 bridgehead atoms. The maximum absolute atomic E-state index is 13.5. The number of carbonyl (C=O) groups excluding carboxylic acids is 1. The lowest BCUT2D eigenvalue weighted by molar-refractivity contribution is -0.139. The zero-order chi connectivity index (χ0) is 22.6. The molecule has 0 aliphatic carbocycles. The maximum Gasteiger partial charge on any atom is 0.320 e. The van der Waals surface area contributed by atoms with Gasteiger partial charge in [0.15, 0.2) is 0 Å². The number of hydrogen-bond donors (Lipinski definition) is 4. The van der Waals surface area contributed by atoms with E-state index >= 15 is 0 Å². The highest BCUT2D eigenvalue weighted by molar-refractivity contribution is 6.02. The third kappa shape index (κ3) is 4.37. The summed E-state index contributed by atoms with van der Waals surface area (Å²) in [6.07, 6.45) is 3.08. The van der Waals surface area contributed by atoms with E-state index in [-0.39, 0.29) is 18.9 Å². The van der Waals surface area contributed by atoms with Crippen LogP contribution in [0.15, 0.2) is 67.1 Å². The summed E-state index contributed by atoms with van der Waals surface area (Å²) in [6.45, 7) is 0.205. The lowest BCUT2D eigenvalue weighted by Gasteiger charge is -2.32. The average molecular weight is 433 g/mol. The van der Waals surface area contributed by atoms with Crippen LogP contribution in [-0.4, -0.2) is 52.3 Å². The minimum absolute atomic E-state index is 0.134. The van der Waals surface area contributed by atoms with Crippen LogP contribution in [0.25, 0.3) is 11.1 Å². The minimum Gasteiger partial charge on any atom is -0.496 e. The Bertz CT molecular complexity index is 1120. The molecule has 32 heavy (non-hydrogen) atoms. The number of methoxy groups -OCH3 is 1. The summed E-state index contributed by atoms with van der Waals surface area (Å²) in [7, 11) is 1.58. The molecule has 9 nitrogen and oxygen atoms in total. The molecular formula is C23H23N5O4. The predicted octanol–water partition coefficient (Wildman–Crippen LogP) is 2.14. The molecule has 1 aromatic heterocycles. The van der Waals surface area contributed by atoms with Gasteiger partial charge in [-0.05, 0) is 23.8 Å². The third-order valence-corrected chi connectivity index (χ3v) is 5.37. The van der Waals surface area contributed by atoms with Gasteiger partial charge in [-0.25, -0.2) is 9.97 Å². The van der Waals surface area contributed by atoms with Crippen molar-refractivity contribution in [2.45, 2.75) is 18.1 Å². The molecule has 2 atom stereocenters. The first-order chi connectivity index (χ1) is 15.5. The molecule has 0 radical (unpaired) electrons. The summed E-state index contributed by atoms with van der Waals surface area (Å²) in [4.78, 5) is 33.1. The van der Waals surface area contributed by atoms with Crippen molar-refractivity contribution in [3.8, 4) is 16.9 Å². The lowest BCUT2D eigenvalue weighted by Crippen LogP contribution is -2.56. The zero-order valence-electron chi connectivity index (χ0n) is 17.4. The van der Waals surface area contributed by atoms with E-state index in [1.54, 1.807) is 31.5 Å². The number of nitrogens with one attached hydrogen (secondary N) is 3. The topological polar surface area (TPSA) is 125 Å². The fraction of sp³-hybridized carbons (Fsp3) is 0.217. The molecule has 1 fully saturated rings. The van der Waals surface area contributed by atoms with E-state index in [0.29, 0.717) is 22.7 Å². The fourth-order valence-corrected chi connectivity index (χ4v) is 3.86. The number of hydrogen-bond acceptors (Lipinski definition) is 7. The summed E-state index contributed by atoms with van der Waals surface area (Å²) < 4.78 is 5.47. The number of aliphatic carboxylic acids is 1. The Labute approximate surface area is 184 Å². The molecule has 3 aromatic rings. The zero-order valence-corrected chi connectivity index (χ0v) is 17.4. The number of para-hydroxylation sites is 1. The van der Waals surface area contributed by atoms with Crippen LogP contribution < -0.4 is 20.7 Å². The number of carboxylic acids is 1. The molecule has 164 valence electrons. The molecule has 0 saturated carbocycles. The summed E-state index contributed by atoms with van der Waals surface area (Å²) in [5, 5.41) is 18.6. The number of nitrogens with zero attached hydrogens (tertiary/aromatic N) is 2. The van der Waals surface area contributed by atoms with E-state index < -0.39 is 17.7 Å². The standard InChI is InChI=1S/C23H23N5O4/c1-32-19-9-5-4-7-16(19)15-6-2-3-8-17(15)21(29)28-23(12-18(22(30)31)25-13-23)27-20-10-11-24-14-26-20/h2-11,14,18,25H,12-13H2,1H3,(H,28,29)(H,30,31)(H,24,26,27). The number of aromatic nitrogens is 2. The van der Waals surface area contributed by atoms with E-state index in [1.165, 1.54) is 6.33 Å². The lowest BCUT2D eigenvalue weighted by atomic mass is 9.97. The molecule has 1 saturated heterocycles. The van der Waals surface area contributed by atoms with Gasteiger partial charge in [0.1, 0.15) is 29.6 Å². The maximum atomic E-state index is 13.5. The SMILES string of the molecule is COc1ccccc1-c1ccccc1C(=O)NC1(Nc2ccncn2)CNC(C(=O)O)C1. The molecule has 2 aromatic carbocycles. The number of amides is 1. The molecule has 1 aliphatic heterocycles. The van der Waals surface area contributed by atoms with Crippen LogP contribution >= 0.6 is 0 Å². The first kappa shape index (κ1) is 21.3. The highest BCUT2D eigenvalue weighted by Gasteiger charge is 2.43. The van der Waals surface area contributed by atoms with Crippen molar-refractivity contribution >= 4 is 17.7 Å². The number of rotatable bonds is 7. The van der Waals surface area contributed by atoms with Crippen LogP contribution in [0.4, 0.5) is 5.82 Å². The van der Waals surface area contributed by atoms with Crippen LogP contribution in [0.3, 0.4) is 0 Å². The highest BCUT2D eigenvalue weighted by Crippen LogP contribution is 2.32. The van der Waals surface area contributed by atoms with Crippen molar-refractivity contribution < 1.29 is 19.4 Å². The van der Waals surface area contributed by atoms with E-state index in [2.05, 4.69) is 25.9 Å². The van der Waals surface area contributed by atoms with Crippen LogP contribution in [0.5, 0.6) is 5.75 Å². The smallest absolute Gasteiger partial charge is 0.320 e. The average Bonchev–Trinajstić information content (AvgIpc) is 3.23. The van der Waals surface area contributed by atoms with E-state index in [4.69, 9.17) is 4.74 Å². The Balaban J connectivity index is 1.67. The van der Waals surface area contributed by atoms with Crippen LogP contribution in [0.2, 0.25) is 0 Å². The van der Waals surface area contributed by atoms with Gasteiger partial charge in [-0.3, -0.25) is 9.59 Å². The van der Waals surface area contributed by atoms with Crippen molar-refractivity contribution in [1.82, 2.24) is 20.6 Å². The van der Waals surface area contributed by atoms with Crippen molar-refractivity contribution in [3.63, 3.8) is 0 Å². The fourth-order valence-electron chi connectivity index (χ4n) is 3.86. The minimum atomic E-state index is -1.05. The van der Waals surface area contributed by atoms with Gasteiger partial charge >= 0.3 is 5.97 Å².